The first-order valence-electron chi connectivity index (χ1n) is 4.75. The van der Waals surface area contributed by atoms with E-state index in [4.69, 9.17) is 5.73 Å². The fraction of sp³-hybridized carbons (Fsp3) is 0.600. The molecule has 1 atom stereocenters. The largest absolute Gasteiger partial charge is 0.327 e. The third-order valence-corrected chi connectivity index (χ3v) is 1.99. The van der Waals surface area contributed by atoms with Gasteiger partial charge in [-0.15, -0.1) is 0 Å². The van der Waals surface area contributed by atoms with E-state index >= 15 is 0 Å². The van der Waals surface area contributed by atoms with E-state index in [0.29, 0.717) is 0 Å². The summed E-state index contributed by atoms with van der Waals surface area (Å²) in [5, 5.41) is 0. The highest BCUT2D eigenvalue weighted by molar-refractivity contribution is 5.07. The van der Waals surface area contributed by atoms with Crippen molar-refractivity contribution < 1.29 is 0 Å². The van der Waals surface area contributed by atoms with Crippen molar-refractivity contribution in [2.75, 3.05) is 0 Å². The average molecular weight is 179 g/mol. The second kappa shape index (κ2) is 4.92. The Morgan fingerprint density at radius 1 is 1.46 bits per heavy atom. The maximum Gasteiger partial charge on any atom is 0.115 e. The van der Waals surface area contributed by atoms with Crippen LogP contribution in [0.5, 0.6) is 0 Å². The van der Waals surface area contributed by atoms with Gasteiger partial charge in [-0.2, -0.15) is 0 Å². The lowest BCUT2D eigenvalue weighted by molar-refractivity contribution is 0.592. The summed E-state index contributed by atoms with van der Waals surface area (Å²) in [6.45, 7) is 4.11. The standard InChI is InChI=1S/C10H17N3/c1-3-4-9(11)6-10-5-8(2)12-7-13-10/h5,7,9H,3-4,6,11H2,1-2H3. The van der Waals surface area contributed by atoms with Gasteiger partial charge in [0.25, 0.3) is 0 Å². The summed E-state index contributed by atoms with van der Waals surface area (Å²) < 4.78 is 0. The molecule has 0 aliphatic rings. The Morgan fingerprint density at radius 2 is 2.23 bits per heavy atom. The topological polar surface area (TPSA) is 51.8 Å². The van der Waals surface area contributed by atoms with Crippen molar-refractivity contribution >= 4 is 0 Å². The molecule has 0 aromatic carbocycles. The van der Waals surface area contributed by atoms with Gasteiger partial charge in [0.1, 0.15) is 6.33 Å². The molecule has 0 aliphatic heterocycles. The minimum absolute atomic E-state index is 0.235. The second-order valence-electron chi connectivity index (χ2n) is 3.40. The van der Waals surface area contributed by atoms with Crippen LogP contribution in [0.1, 0.15) is 31.2 Å². The molecule has 1 rings (SSSR count). The van der Waals surface area contributed by atoms with E-state index in [9.17, 15) is 0 Å². The molecule has 0 radical (unpaired) electrons. The van der Waals surface area contributed by atoms with Crippen molar-refractivity contribution in [2.45, 2.75) is 39.2 Å². The van der Waals surface area contributed by atoms with Crippen LogP contribution in [0.15, 0.2) is 12.4 Å². The smallest absolute Gasteiger partial charge is 0.115 e. The number of aryl methyl sites for hydroxylation is 1. The number of nitrogens with zero attached hydrogens (tertiary/aromatic N) is 2. The lowest BCUT2D eigenvalue weighted by atomic mass is 10.1. The van der Waals surface area contributed by atoms with E-state index in [2.05, 4.69) is 16.9 Å². The SMILES string of the molecule is CCCC(N)Cc1cc(C)ncn1. The molecule has 0 bridgehead atoms. The maximum atomic E-state index is 5.91. The molecule has 0 amide bonds. The zero-order chi connectivity index (χ0) is 9.68. The highest BCUT2D eigenvalue weighted by Gasteiger charge is 2.03. The van der Waals surface area contributed by atoms with E-state index in [1.807, 2.05) is 13.0 Å². The molecule has 0 spiro atoms. The van der Waals surface area contributed by atoms with Crippen molar-refractivity contribution in [3.8, 4) is 0 Å². The summed E-state index contributed by atoms with van der Waals surface area (Å²) in [6.07, 6.45) is 4.65. The summed E-state index contributed by atoms with van der Waals surface area (Å²) in [7, 11) is 0. The third kappa shape index (κ3) is 3.51. The summed E-state index contributed by atoms with van der Waals surface area (Å²) in [5.74, 6) is 0. The Bertz CT molecular complexity index is 260. The van der Waals surface area contributed by atoms with Crippen LogP contribution in [0, 0.1) is 6.92 Å². The first-order valence-corrected chi connectivity index (χ1v) is 4.75. The molecule has 1 heterocycles. The molecule has 1 aromatic rings. The first-order chi connectivity index (χ1) is 6.22. The van der Waals surface area contributed by atoms with Crippen LogP contribution in [-0.4, -0.2) is 16.0 Å². The predicted molar refractivity (Wildman–Crippen MR) is 53.4 cm³/mol. The van der Waals surface area contributed by atoms with Crippen LogP contribution in [0.25, 0.3) is 0 Å². The zero-order valence-corrected chi connectivity index (χ0v) is 8.33. The molecule has 1 unspecified atom stereocenters. The van der Waals surface area contributed by atoms with Crippen molar-refractivity contribution in [3.63, 3.8) is 0 Å². The van der Waals surface area contributed by atoms with Crippen LogP contribution in [0.3, 0.4) is 0 Å². The monoisotopic (exact) mass is 179 g/mol. The summed E-state index contributed by atoms with van der Waals surface area (Å²) >= 11 is 0. The van der Waals surface area contributed by atoms with Gasteiger partial charge in [0.15, 0.2) is 0 Å². The van der Waals surface area contributed by atoms with Crippen molar-refractivity contribution in [1.82, 2.24) is 9.97 Å². The zero-order valence-electron chi connectivity index (χ0n) is 8.33. The minimum Gasteiger partial charge on any atom is -0.327 e. The molecular formula is C10H17N3. The lowest BCUT2D eigenvalue weighted by Gasteiger charge is -2.08. The predicted octanol–water partition coefficient (Wildman–Crippen LogP) is 1.45. The van der Waals surface area contributed by atoms with E-state index < -0.39 is 0 Å². The molecular weight excluding hydrogens is 162 g/mol. The van der Waals surface area contributed by atoms with Crippen molar-refractivity contribution in [1.29, 1.82) is 0 Å². The Morgan fingerprint density at radius 3 is 2.85 bits per heavy atom. The summed E-state index contributed by atoms with van der Waals surface area (Å²) in [4.78, 5) is 8.21. The van der Waals surface area contributed by atoms with Gasteiger partial charge in [0.05, 0.1) is 0 Å². The lowest BCUT2D eigenvalue weighted by Crippen LogP contribution is -2.22. The molecule has 3 heteroatoms. The van der Waals surface area contributed by atoms with Gasteiger partial charge >= 0.3 is 0 Å². The van der Waals surface area contributed by atoms with Crippen LogP contribution in [-0.2, 0) is 6.42 Å². The highest BCUT2D eigenvalue weighted by atomic mass is 14.8. The Hall–Kier alpha value is -0.960. The maximum absolute atomic E-state index is 5.91. The molecule has 72 valence electrons. The first kappa shape index (κ1) is 10.1. The Labute approximate surface area is 79.4 Å². The number of hydrogen-bond acceptors (Lipinski definition) is 3. The molecule has 3 nitrogen and oxygen atoms in total. The van der Waals surface area contributed by atoms with Crippen molar-refractivity contribution in [3.05, 3.63) is 23.8 Å². The quantitative estimate of drug-likeness (QED) is 0.761. The molecule has 0 saturated heterocycles. The molecule has 13 heavy (non-hydrogen) atoms. The van der Waals surface area contributed by atoms with Gasteiger partial charge in [-0.25, -0.2) is 9.97 Å². The number of rotatable bonds is 4. The fourth-order valence-electron chi connectivity index (χ4n) is 1.36. The van der Waals surface area contributed by atoms with E-state index in [1.165, 1.54) is 0 Å². The molecule has 0 fully saturated rings. The third-order valence-electron chi connectivity index (χ3n) is 1.99. The average Bonchev–Trinajstić information content (AvgIpc) is 2.04. The van der Waals surface area contributed by atoms with Gasteiger partial charge < -0.3 is 5.73 Å². The molecule has 2 N–H and O–H groups in total. The Balaban J connectivity index is 2.53. The normalized spacial score (nSPS) is 12.8. The molecule has 0 aliphatic carbocycles. The summed E-state index contributed by atoms with van der Waals surface area (Å²) in [6, 6.07) is 2.23. The van der Waals surface area contributed by atoms with E-state index in [-0.39, 0.29) is 6.04 Å². The Kier molecular flexibility index (Phi) is 3.83. The van der Waals surface area contributed by atoms with Gasteiger partial charge in [0.2, 0.25) is 0 Å². The summed E-state index contributed by atoms with van der Waals surface area (Å²) in [5.41, 5.74) is 7.96. The van der Waals surface area contributed by atoms with Crippen LogP contribution in [0.4, 0.5) is 0 Å². The molecule has 0 saturated carbocycles. The van der Waals surface area contributed by atoms with Crippen LogP contribution < -0.4 is 5.73 Å². The number of nitrogens with two attached hydrogens (primary N) is 1. The minimum atomic E-state index is 0.235. The number of aromatic nitrogens is 2. The van der Waals surface area contributed by atoms with Crippen LogP contribution in [0.2, 0.25) is 0 Å². The fourth-order valence-corrected chi connectivity index (χ4v) is 1.36. The highest BCUT2D eigenvalue weighted by Crippen LogP contribution is 2.03. The van der Waals surface area contributed by atoms with Gasteiger partial charge in [-0.3, -0.25) is 0 Å². The molecule has 1 aromatic heterocycles. The van der Waals surface area contributed by atoms with Gasteiger partial charge in [-0.1, -0.05) is 13.3 Å². The number of hydrogen-bond donors (Lipinski definition) is 1. The van der Waals surface area contributed by atoms with Gasteiger partial charge in [-0.05, 0) is 19.4 Å². The van der Waals surface area contributed by atoms with E-state index in [1.54, 1.807) is 6.33 Å². The van der Waals surface area contributed by atoms with E-state index in [0.717, 1.165) is 30.7 Å². The van der Waals surface area contributed by atoms with Crippen LogP contribution >= 0.6 is 0 Å². The van der Waals surface area contributed by atoms with Crippen molar-refractivity contribution in [2.24, 2.45) is 5.73 Å². The van der Waals surface area contributed by atoms with Gasteiger partial charge in [0, 0.05) is 23.9 Å². The second-order valence-corrected chi connectivity index (χ2v) is 3.40.